The maximum atomic E-state index is 13.1. The number of aryl methyl sites for hydroxylation is 1. The van der Waals surface area contributed by atoms with Gasteiger partial charge in [0.15, 0.2) is 0 Å². The standard InChI is InChI=1S/C27H28N2O4/c1-3-32-27(31)21-17(2)33-26-20-10-6-5-9-19(20)25(30)23(22(21)26)24(18-11-13-28-14-12-18)29-15-7-4-8-16-29/h5-6,9-14,24,30H,3-4,7-8,15-16H2,1-2H3/t24-/m0/s1. The molecule has 6 heteroatoms. The van der Waals surface area contributed by atoms with Gasteiger partial charge in [0, 0.05) is 34.1 Å². The number of nitrogens with zero attached hydrogens (tertiary/aromatic N) is 2. The topological polar surface area (TPSA) is 75.8 Å². The van der Waals surface area contributed by atoms with E-state index in [1.165, 1.54) is 6.42 Å². The Morgan fingerprint density at radius 1 is 1.12 bits per heavy atom. The van der Waals surface area contributed by atoms with E-state index in [2.05, 4.69) is 9.88 Å². The average Bonchev–Trinajstić information content (AvgIpc) is 3.20. The van der Waals surface area contributed by atoms with Gasteiger partial charge in [0.1, 0.15) is 22.7 Å². The number of benzene rings is 2. The highest BCUT2D eigenvalue weighted by atomic mass is 16.5. The lowest BCUT2D eigenvalue weighted by molar-refractivity contribution is 0.0526. The number of fused-ring (bicyclic) bond motifs is 3. The first-order chi connectivity index (χ1) is 16.1. The maximum Gasteiger partial charge on any atom is 0.342 e. The molecular formula is C27H28N2O4. The van der Waals surface area contributed by atoms with E-state index in [4.69, 9.17) is 9.15 Å². The minimum atomic E-state index is -0.434. The first-order valence-corrected chi connectivity index (χ1v) is 11.6. The number of rotatable bonds is 5. The molecular weight excluding hydrogens is 416 g/mol. The number of hydrogen-bond acceptors (Lipinski definition) is 6. The minimum absolute atomic E-state index is 0.178. The van der Waals surface area contributed by atoms with Crippen molar-refractivity contribution in [2.75, 3.05) is 19.7 Å². The summed E-state index contributed by atoms with van der Waals surface area (Å²) in [6.45, 7) is 5.65. The van der Waals surface area contributed by atoms with Crippen molar-refractivity contribution in [1.29, 1.82) is 0 Å². The van der Waals surface area contributed by atoms with Crippen LogP contribution in [-0.4, -0.2) is 40.7 Å². The first-order valence-electron chi connectivity index (χ1n) is 11.6. The van der Waals surface area contributed by atoms with Gasteiger partial charge in [-0.05, 0) is 57.5 Å². The number of hydrogen-bond donors (Lipinski definition) is 1. The molecule has 2 aromatic carbocycles. The Morgan fingerprint density at radius 3 is 2.52 bits per heavy atom. The largest absolute Gasteiger partial charge is 0.507 e. The second-order valence-corrected chi connectivity index (χ2v) is 8.55. The number of carbonyl (C=O) groups excluding carboxylic acids is 1. The molecule has 0 aliphatic carbocycles. The van der Waals surface area contributed by atoms with Crippen LogP contribution >= 0.6 is 0 Å². The third kappa shape index (κ3) is 3.64. The van der Waals surface area contributed by atoms with Gasteiger partial charge in [0.05, 0.1) is 12.6 Å². The van der Waals surface area contributed by atoms with E-state index in [9.17, 15) is 9.90 Å². The summed E-state index contributed by atoms with van der Waals surface area (Å²) in [7, 11) is 0. The van der Waals surface area contributed by atoms with E-state index < -0.39 is 5.97 Å². The summed E-state index contributed by atoms with van der Waals surface area (Å²) >= 11 is 0. The summed E-state index contributed by atoms with van der Waals surface area (Å²) in [6, 6.07) is 11.4. The molecule has 4 aromatic rings. The number of esters is 1. The van der Waals surface area contributed by atoms with Crippen LogP contribution in [0.5, 0.6) is 5.75 Å². The highest BCUT2D eigenvalue weighted by Crippen LogP contribution is 2.47. The summed E-state index contributed by atoms with van der Waals surface area (Å²) in [5.41, 5.74) is 2.71. The Labute approximate surface area is 192 Å². The number of aromatic nitrogens is 1. The second-order valence-electron chi connectivity index (χ2n) is 8.55. The number of phenols is 1. The van der Waals surface area contributed by atoms with Crippen molar-refractivity contribution < 1.29 is 19.1 Å². The zero-order valence-corrected chi connectivity index (χ0v) is 19.0. The van der Waals surface area contributed by atoms with Crippen LogP contribution in [0.15, 0.2) is 53.2 Å². The molecule has 0 spiro atoms. The number of pyridine rings is 1. The third-order valence-electron chi connectivity index (χ3n) is 6.57. The Hall–Kier alpha value is -3.38. The normalized spacial score (nSPS) is 15.7. The van der Waals surface area contributed by atoms with Crippen molar-refractivity contribution in [1.82, 2.24) is 9.88 Å². The molecule has 6 nitrogen and oxygen atoms in total. The Morgan fingerprint density at radius 2 is 1.82 bits per heavy atom. The molecule has 1 aliphatic heterocycles. The van der Waals surface area contributed by atoms with E-state index in [1.54, 1.807) is 26.2 Å². The zero-order chi connectivity index (χ0) is 22.9. The molecule has 2 aromatic heterocycles. The van der Waals surface area contributed by atoms with Crippen LogP contribution in [0.4, 0.5) is 0 Å². The summed E-state index contributed by atoms with van der Waals surface area (Å²) < 4.78 is 11.6. The number of likely N-dealkylation sites (tertiary alicyclic amines) is 1. The van der Waals surface area contributed by atoms with E-state index in [0.29, 0.717) is 33.2 Å². The molecule has 0 unspecified atom stereocenters. The molecule has 3 heterocycles. The number of furan rings is 1. The molecule has 170 valence electrons. The number of aromatic hydroxyl groups is 1. The van der Waals surface area contributed by atoms with Crippen LogP contribution < -0.4 is 0 Å². The highest BCUT2D eigenvalue weighted by molar-refractivity contribution is 6.16. The Kier molecular flexibility index (Phi) is 5.77. The van der Waals surface area contributed by atoms with Gasteiger partial charge in [-0.25, -0.2) is 4.79 Å². The molecule has 1 fully saturated rings. The van der Waals surface area contributed by atoms with E-state index >= 15 is 0 Å². The van der Waals surface area contributed by atoms with Crippen LogP contribution in [-0.2, 0) is 4.74 Å². The van der Waals surface area contributed by atoms with E-state index in [-0.39, 0.29) is 18.4 Å². The van der Waals surface area contributed by atoms with Gasteiger partial charge in [-0.1, -0.05) is 30.7 Å². The molecule has 0 amide bonds. The fourth-order valence-corrected chi connectivity index (χ4v) is 5.14. The lowest BCUT2D eigenvalue weighted by Gasteiger charge is -2.36. The van der Waals surface area contributed by atoms with Gasteiger partial charge in [-0.15, -0.1) is 0 Å². The van der Waals surface area contributed by atoms with Gasteiger partial charge < -0.3 is 14.3 Å². The number of phenolic OH excluding ortho intramolecular Hbond substituents is 1. The van der Waals surface area contributed by atoms with Crippen molar-refractivity contribution in [2.45, 2.75) is 39.2 Å². The molecule has 5 rings (SSSR count). The SMILES string of the molecule is CCOC(=O)c1c(C)oc2c1c([C@H](c1ccncc1)N1CCCCC1)c(O)c1ccccc12. The number of carbonyl (C=O) groups is 1. The van der Waals surface area contributed by atoms with Crippen LogP contribution in [0, 0.1) is 6.92 Å². The third-order valence-corrected chi connectivity index (χ3v) is 6.57. The van der Waals surface area contributed by atoms with Crippen LogP contribution in [0.25, 0.3) is 21.7 Å². The van der Waals surface area contributed by atoms with Crippen molar-refractivity contribution in [2.24, 2.45) is 0 Å². The summed E-state index contributed by atoms with van der Waals surface area (Å²) in [6.07, 6.45) is 6.92. The molecule has 0 radical (unpaired) electrons. The van der Waals surface area contributed by atoms with E-state index in [0.717, 1.165) is 36.9 Å². The van der Waals surface area contributed by atoms with Gasteiger partial charge in [-0.3, -0.25) is 9.88 Å². The predicted octanol–water partition coefficient (Wildman–Crippen LogP) is 5.75. The Balaban J connectivity index is 1.89. The second kappa shape index (κ2) is 8.87. The monoisotopic (exact) mass is 444 g/mol. The molecule has 1 aliphatic rings. The molecule has 0 saturated carbocycles. The van der Waals surface area contributed by atoms with E-state index in [1.807, 2.05) is 36.4 Å². The minimum Gasteiger partial charge on any atom is -0.507 e. The molecule has 1 N–H and O–H groups in total. The van der Waals surface area contributed by atoms with Crippen molar-refractivity contribution in [3.63, 3.8) is 0 Å². The van der Waals surface area contributed by atoms with Crippen molar-refractivity contribution in [3.8, 4) is 5.75 Å². The summed E-state index contributed by atoms with van der Waals surface area (Å²) in [4.78, 5) is 19.7. The molecule has 1 atom stereocenters. The average molecular weight is 445 g/mol. The molecule has 1 saturated heterocycles. The van der Waals surface area contributed by atoms with Crippen LogP contribution in [0.1, 0.15) is 59.5 Å². The lowest BCUT2D eigenvalue weighted by Crippen LogP contribution is -2.34. The zero-order valence-electron chi connectivity index (χ0n) is 19.0. The Bertz CT molecular complexity index is 1310. The van der Waals surface area contributed by atoms with Crippen molar-refractivity contribution >= 4 is 27.7 Å². The number of piperidine rings is 1. The smallest absolute Gasteiger partial charge is 0.342 e. The predicted molar refractivity (Wildman–Crippen MR) is 128 cm³/mol. The molecule has 0 bridgehead atoms. The number of ether oxygens (including phenoxy) is 1. The lowest BCUT2D eigenvalue weighted by atomic mass is 9.88. The fraction of sp³-hybridized carbons (Fsp3) is 0.333. The van der Waals surface area contributed by atoms with Gasteiger partial charge in [0.2, 0.25) is 0 Å². The first kappa shape index (κ1) is 21.5. The van der Waals surface area contributed by atoms with Gasteiger partial charge in [-0.2, -0.15) is 0 Å². The summed E-state index contributed by atoms with van der Waals surface area (Å²) in [5, 5.41) is 13.8. The highest BCUT2D eigenvalue weighted by Gasteiger charge is 2.34. The van der Waals surface area contributed by atoms with Crippen LogP contribution in [0.2, 0.25) is 0 Å². The molecule has 33 heavy (non-hydrogen) atoms. The summed E-state index contributed by atoms with van der Waals surface area (Å²) in [5.74, 6) is 0.237. The van der Waals surface area contributed by atoms with Crippen LogP contribution in [0.3, 0.4) is 0 Å². The quantitative estimate of drug-likeness (QED) is 0.395. The maximum absolute atomic E-state index is 13.1. The van der Waals surface area contributed by atoms with Gasteiger partial charge >= 0.3 is 5.97 Å². The van der Waals surface area contributed by atoms with Gasteiger partial charge in [0.25, 0.3) is 0 Å². The fourth-order valence-electron chi connectivity index (χ4n) is 5.14. The van der Waals surface area contributed by atoms with Crippen molar-refractivity contribution in [3.05, 3.63) is 71.2 Å².